The van der Waals surface area contributed by atoms with E-state index < -0.39 is 0 Å². The predicted octanol–water partition coefficient (Wildman–Crippen LogP) is 2.49. The van der Waals surface area contributed by atoms with Crippen LogP contribution in [0.3, 0.4) is 0 Å². The van der Waals surface area contributed by atoms with Crippen LogP contribution in [-0.4, -0.2) is 48.6 Å². The Hall–Kier alpha value is -1.10. The van der Waals surface area contributed by atoms with E-state index in [-0.39, 0.29) is 29.8 Å². The molecule has 136 valence electrons. The summed E-state index contributed by atoms with van der Waals surface area (Å²) in [4.78, 5) is 27.3. The zero-order chi connectivity index (χ0) is 16.9. The number of rotatable bonds is 3. The predicted molar refractivity (Wildman–Crippen MR) is 92.5 cm³/mol. The lowest BCUT2D eigenvalue weighted by atomic mass is 9.90. The van der Waals surface area contributed by atoms with E-state index in [0.29, 0.717) is 19.2 Å². The van der Waals surface area contributed by atoms with Gasteiger partial charge in [0.05, 0.1) is 12.0 Å². The van der Waals surface area contributed by atoms with Crippen molar-refractivity contribution in [3.8, 4) is 0 Å². The van der Waals surface area contributed by atoms with Gasteiger partial charge in [-0.15, -0.1) is 0 Å². The molecule has 2 amide bonds. The summed E-state index contributed by atoms with van der Waals surface area (Å²) in [7, 11) is 0. The molecule has 3 aliphatic rings. The minimum absolute atomic E-state index is 0.0260. The number of likely N-dealkylation sites (tertiary alicyclic amines) is 1. The molecule has 3 rings (SSSR count). The van der Waals surface area contributed by atoms with E-state index in [1.54, 1.807) is 0 Å². The molecule has 3 fully saturated rings. The minimum atomic E-state index is -0.0260. The fourth-order valence-corrected chi connectivity index (χ4v) is 4.44. The average Bonchev–Trinajstić information content (AvgIpc) is 2.62. The third-order valence-electron chi connectivity index (χ3n) is 5.89. The molecule has 2 heterocycles. The highest BCUT2D eigenvalue weighted by atomic mass is 16.5. The van der Waals surface area contributed by atoms with Gasteiger partial charge in [-0.3, -0.25) is 9.59 Å². The maximum Gasteiger partial charge on any atom is 0.225 e. The Morgan fingerprint density at radius 3 is 2.54 bits per heavy atom. The fraction of sp³-hybridized carbons (Fsp3) is 0.895. The van der Waals surface area contributed by atoms with Crippen LogP contribution in [0.1, 0.15) is 64.7 Å². The summed E-state index contributed by atoms with van der Waals surface area (Å²) in [5.41, 5.74) is 0. The van der Waals surface area contributed by atoms with Gasteiger partial charge < -0.3 is 15.0 Å². The summed E-state index contributed by atoms with van der Waals surface area (Å²) >= 11 is 0. The van der Waals surface area contributed by atoms with Gasteiger partial charge in [0, 0.05) is 31.7 Å². The van der Waals surface area contributed by atoms with Crippen LogP contribution in [0.4, 0.5) is 0 Å². The average molecular weight is 336 g/mol. The van der Waals surface area contributed by atoms with Crippen LogP contribution in [0.2, 0.25) is 0 Å². The van der Waals surface area contributed by atoms with Gasteiger partial charge in [0.25, 0.3) is 0 Å². The monoisotopic (exact) mass is 336 g/mol. The number of amides is 2. The third-order valence-corrected chi connectivity index (χ3v) is 5.89. The molecule has 0 bridgehead atoms. The molecule has 1 saturated carbocycles. The van der Waals surface area contributed by atoms with Crippen LogP contribution in [-0.2, 0) is 14.3 Å². The van der Waals surface area contributed by atoms with E-state index in [4.69, 9.17) is 4.74 Å². The van der Waals surface area contributed by atoms with Crippen LogP contribution in [0.5, 0.6) is 0 Å². The van der Waals surface area contributed by atoms with E-state index in [1.807, 2.05) is 11.8 Å². The van der Waals surface area contributed by atoms with Crippen molar-refractivity contribution in [3.63, 3.8) is 0 Å². The van der Waals surface area contributed by atoms with Crippen LogP contribution < -0.4 is 5.32 Å². The zero-order valence-electron chi connectivity index (χ0n) is 15.0. The number of nitrogens with zero attached hydrogens (tertiary/aromatic N) is 1. The van der Waals surface area contributed by atoms with Crippen LogP contribution in [0, 0.1) is 11.8 Å². The summed E-state index contributed by atoms with van der Waals surface area (Å²) < 4.78 is 5.55. The van der Waals surface area contributed by atoms with Crippen molar-refractivity contribution in [2.75, 3.05) is 19.7 Å². The van der Waals surface area contributed by atoms with Crippen molar-refractivity contribution >= 4 is 11.8 Å². The number of hydrogen-bond donors (Lipinski definition) is 1. The number of nitrogens with one attached hydrogen (secondary N) is 1. The standard InChI is InChI=1S/C19H32N2O3/c1-14-12-15(9-11-24-14)19(23)21-10-5-6-16(13-21)18(22)20-17-7-3-2-4-8-17/h14-17H,2-13H2,1H3,(H,20,22)/t14-,15-,16-/m1/s1. The molecule has 0 radical (unpaired) electrons. The summed E-state index contributed by atoms with van der Waals surface area (Å²) in [6.07, 6.45) is 9.61. The molecule has 0 aromatic heterocycles. The van der Waals surface area contributed by atoms with Gasteiger partial charge in [-0.1, -0.05) is 19.3 Å². The van der Waals surface area contributed by atoms with Gasteiger partial charge in [-0.05, 0) is 45.4 Å². The molecular formula is C19H32N2O3. The van der Waals surface area contributed by atoms with Crippen LogP contribution >= 0.6 is 0 Å². The normalized spacial score (nSPS) is 32.4. The molecule has 2 aliphatic heterocycles. The maximum absolute atomic E-state index is 12.8. The lowest BCUT2D eigenvalue weighted by Gasteiger charge is -2.37. The van der Waals surface area contributed by atoms with Gasteiger partial charge in [0.2, 0.25) is 11.8 Å². The molecule has 0 aromatic rings. The lowest BCUT2D eigenvalue weighted by Crippen LogP contribution is -2.49. The Morgan fingerprint density at radius 1 is 1.00 bits per heavy atom. The molecule has 0 spiro atoms. The van der Waals surface area contributed by atoms with Gasteiger partial charge in [0.15, 0.2) is 0 Å². The third kappa shape index (κ3) is 4.50. The van der Waals surface area contributed by atoms with Crippen LogP contribution in [0.25, 0.3) is 0 Å². The molecule has 24 heavy (non-hydrogen) atoms. The molecule has 5 nitrogen and oxygen atoms in total. The molecule has 5 heteroatoms. The Bertz CT molecular complexity index is 448. The second-order valence-corrected chi connectivity index (χ2v) is 7.87. The molecule has 3 atom stereocenters. The van der Waals surface area contributed by atoms with E-state index in [1.165, 1.54) is 19.3 Å². The van der Waals surface area contributed by atoms with Gasteiger partial charge in [0.1, 0.15) is 0 Å². The summed E-state index contributed by atoms with van der Waals surface area (Å²) in [5.74, 6) is 0.454. The smallest absolute Gasteiger partial charge is 0.225 e. The van der Waals surface area contributed by atoms with Crippen molar-refractivity contribution < 1.29 is 14.3 Å². The number of carbonyl (C=O) groups excluding carboxylic acids is 2. The van der Waals surface area contributed by atoms with E-state index in [0.717, 1.165) is 45.1 Å². The van der Waals surface area contributed by atoms with Gasteiger partial charge >= 0.3 is 0 Å². The fourth-order valence-electron chi connectivity index (χ4n) is 4.44. The lowest BCUT2D eigenvalue weighted by molar-refractivity contribution is -0.143. The number of hydrogen-bond acceptors (Lipinski definition) is 3. The summed E-state index contributed by atoms with van der Waals surface area (Å²) in [6, 6.07) is 0.355. The largest absolute Gasteiger partial charge is 0.378 e. The topological polar surface area (TPSA) is 58.6 Å². The van der Waals surface area contributed by atoms with Gasteiger partial charge in [-0.25, -0.2) is 0 Å². The first kappa shape index (κ1) is 17.7. The van der Waals surface area contributed by atoms with E-state index >= 15 is 0 Å². The first-order valence-electron chi connectivity index (χ1n) is 9.84. The number of ether oxygens (including phenoxy) is 1. The first-order chi connectivity index (χ1) is 11.6. The second kappa shape index (κ2) is 8.32. The van der Waals surface area contributed by atoms with Crippen molar-refractivity contribution in [1.29, 1.82) is 0 Å². The maximum atomic E-state index is 12.8. The molecule has 2 saturated heterocycles. The Labute approximate surface area is 145 Å². The molecular weight excluding hydrogens is 304 g/mol. The highest BCUT2D eigenvalue weighted by molar-refractivity contribution is 5.82. The molecule has 1 N–H and O–H groups in total. The molecule has 1 aliphatic carbocycles. The number of carbonyl (C=O) groups is 2. The van der Waals surface area contributed by atoms with Crippen molar-refractivity contribution in [1.82, 2.24) is 10.2 Å². The van der Waals surface area contributed by atoms with Gasteiger partial charge in [-0.2, -0.15) is 0 Å². The van der Waals surface area contributed by atoms with Crippen molar-refractivity contribution in [2.45, 2.75) is 76.9 Å². The van der Waals surface area contributed by atoms with Crippen molar-refractivity contribution in [3.05, 3.63) is 0 Å². The SMILES string of the molecule is C[C@@H]1C[C@H](C(=O)N2CCC[C@@H](C(=O)NC3CCCCC3)C2)CCO1. The number of piperidine rings is 1. The van der Waals surface area contributed by atoms with Crippen molar-refractivity contribution in [2.24, 2.45) is 11.8 Å². The van der Waals surface area contributed by atoms with E-state index in [9.17, 15) is 9.59 Å². The quantitative estimate of drug-likeness (QED) is 0.861. The highest BCUT2D eigenvalue weighted by Gasteiger charge is 2.34. The minimum Gasteiger partial charge on any atom is -0.378 e. The Morgan fingerprint density at radius 2 is 1.79 bits per heavy atom. The van der Waals surface area contributed by atoms with Crippen LogP contribution in [0.15, 0.2) is 0 Å². The first-order valence-corrected chi connectivity index (χ1v) is 9.84. The molecule has 0 aromatic carbocycles. The second-order valence-electron chi connectivity index (χ2n) is 7.87. The zero-order valence-corrected chi connectivity index (χ0v) is 15.0. The Balaban J connectivity index is 1.51. The molecule has 0 unspecified atom stereocenters. The highest BCUT2D eigenvalue weighted by Crippen LogP contribution is 2.26. The summed E-state index contributed by atoms with van der Waals surface area (Å²) in [6.45, 7) is 4.12. The Kier molecular flexibility index (Phi) is 6.14. The van der Waals surface area contributed by atoms with E-state index in [2.05, 4.69) is 5.32 Å². The summed E-state index contributed by atoms with van der Waals surface area (Å²) in [5, 5.41) is 3.24.